The van der Waals surface area contributed by atoms with E-state index in [4.69, 9.17) is 0 Å². The lowest BCUT2D eigenvalue weighted by atomic mass is 9.94. The molecule has 1 saturated carbocycles. The van der Waals surface area contributed by atoms with Gasteiger partial charge in [-0.05, 0) is 48.9 Å². The zero-order chi connectivity index (χ0) is 26.7. The fraction of sp³-hybridized carbons (Fsp3) is 0.394. The van der Waals surface area contributed by atoms with Gasteiger partial charge in [0.1, 0.15) is 6.04 Å². The van der Waals surface area contributed by atoms with E-state index in [-0.39, 0.29) is 17.9 Å². The molecule has 4 rings (SSSR count). The number of hydrogen-bond acceptors (Lipinski definition) is 3. The summed E-state index contributed by atoms with van der Waals surface area (Å²) in [6.45, 7) is 4.57. The summed E-state index contributed by atoms with van der Waals surface area (Å²) < 4.78 is 0. The first-order valence-electron chi connectivity index (χ1n) is 13.8. The van der Waals surface area contributed by atoms with Crippen molar-refractivity contribution in [3.05, 3.63) is 107 Å². The Morgan fingerprint density at radius 3 is 2.26 bits per heavy atom. The summed E-state index contributed by atoms with van der Waals surface area (Å²) in [6.07, 6.45) is 6.06. The zero-order valence-electron chi connectivity index (χ0n) is 22.7. The first-order chi connectivity index (χ1) is 18.5. The van der Waals surface area contributed by atoms with Gasteiger partial charge in [-0.1, -0.05) is 104 Å². The number of nitrogens with one attached hydrogen (secondary N) is 1. The van der Waals surface area contributed by atoms with Crippen LogP contribution in [-0.4, -0.2) is 34.6 Å². The van der Waals surface area contributed by atoms with Gasteiger partial charge in [0, 0.05) is 24.8 Å². The summed E-state index contributed by atoms with van der Waals surface area (Å²) in [6, 6.07) is 26.3. The predicted octanol–water partition coefficient (Wildman–Crippen LogP) is 6.63. The topological polar surface area (TPSA) is 49.4 Å². The molecule has 0 heterocycles. The lowest BCUT2D eigenvalue weighted by molar-refractivity contribution is -0.139. The molecule has 1 aliphatic rings. The molecule has 5 heteroatoms. The van der Waals surface area contributed by atoms with Crippen molar-refractivity contribution in [2.75, 3.05) is 5.75 Å². The van der Waals surface area contributed by atoms with Crippen LogP contribution in [0.2, 0.25) is 0 Å². The molecule has 0 aliphatic heterocycles. The van der Waals surface area contributed by atoms with Crippen LogP contribution in [0.1, 0.15) is 59.9 Å². The minimum atomic E-state index is -0.564. The maximum atomic E-state index is 13.9. The molecule has 0 saturated heterocycles. The van der Waals surface area contributed by atoms with Crippen LogP contribution in [0.5, 0.6) is 0 Å². The van der Waals surface area contributed by atoms with Gasteiger partial charge in [-0.3, -0.25) is 9.59 Å². The summed E-state index contributed by atoms with van der Waals surface area (Å²) in [7, 11) is 0. The third-order valence-electron chi connectivity index (χ3n) is 7.44. The van der Waals surface area contributed by atoms with Gasteiger partial charge in [0.25, 0.3) is 0 Å². The highest BCUT2D eigenvalue weighted by Crippen LogP contribution is 2.22. The van der Waals surface area contributed by atoms with E-state index in [0.717, 1.165) is 48.1 Å². The summed E-state index contributed by atoms with van der Waals surface area (Å²) in [5.74, 6) is 1.07. The van der Waals surface area contributed by atoms with Gasteiger partial charge in [0.15, 0.2) is 0 Å². The van der Waals surface area contributed by atoms with E-state index in [1.165, 1.54) is 17.5 Å². The Balaban J connectivity index is 1.56. The van der Waals surface area contributed by atoms with Crippen molar-refractivity contribution >= 4 is 23.6 Å². The van der Waals surface area contributed by atoms with Crippen molar-refractivity contribution < 1.29 is 9.59 Å². The smallest absolute Gasteiger partial charge is 0.243 e. The van der Waals surface area contributed by atoms with E-state index in [0.29, 0.717) is 18.7 Å². The van der Waals surface area contributed by atoms with Crippen LogP contribution in [0, 0.1) is 13.8 Å². The molecule has 1 N–H and O–H groups in total. The van der Waals surface area contributed by atoms with Crippen molar-refractivity contribution in [3.63, 3.8) is 0 Å². The largest absolute Gasteiger partial charge is 0.352 e. The number of hydrogen-bond donors (Lipinski definition) is 1. The maximum Gasteiger partial charge on any atom is 0.243 e. The quantitative estimate of drug-likeness (QED) is 0.304. The molecule has 0 bridgehead atoms. The Morgan fingerprint density at radius 1 is 0.868 bits per heavy atom. The number of nitrogens with zero attached hydrogens (tertiary/aromatic N) is 1. The minimum Gasteiger partial charge on any atom is -0.352 e. The average molecular weight is 529 g/mol. The lowest BCUT2D eigenvalue weighted by Crippen LogP contribution is -2.53. The molecule has 0 spiro atoms. The molecule has 3 aromatic rings. The van der Waals surface area contributed by atoms with Crippen molar-refractivity contribution in [1.29, 1.82) is 0 Å². The number of benzene rings is 3. The minimum absolute atomic E-state index is 0.00471. The van der Waals surface area contributed by atoms with Crippen LogP contribution in [0.3, 0.4) is 0 Å². The molecule has 4 nitrogen and oxygen atoms in total. The standard InChI is InChI=1S/C33H40N2O2S/c1-25-17-19-28(20-18-25)23-38-24-32(36)35(22-29-14-10-9-11-26(29)2)31(21-27-12-5-3-6-13-27)33(37)34-30-15-7-4-8-16-30/h3,5-6,9-14,17-20,30-31H,4,7-8,15-16,21-24H2,1-2H3,(H,34,37). The molecule has 1 unspecified atom stereocenters. The van der Waals surface area contributed by atoms with Crippen LogP contribution in [0.15, 0.2) is 78.9 Å². The highest BCUT2D eigenvalue weighted by Gasteiger charge is 2.32. The average Bonchev–Trinajstić information content (AvgIpc) is 2.93. The Hall–Kier alpha value is -3.05. The Morgan fingerprint density at radius 2 is 1.55 bits per heavy atom. The third kappa shape index (κ3) is 8.22. The Kier molecular flexibility index (Phi) is 10.5. The number of carbonyl (C=O) groups is 2. The number of rotatable bonds is 11. The van der Waals surface area contributed by atoms with Crippen LogP contribution in [0.4, 0.5) is 0 Å². The summed E-state index contributed by atoms with van der Waals surface area (Å²) in [5.41, 5.74) is 5.70. The number of carbonyl (C=O) groups excluding carboxylic acids is 2. The summed E-state index contributed by atoms with van der Waals surface area (Å²) in [4.78, 5) is 29.5. The number of thioether (sulfide) groups is 1. The highest BCUT2D eigenvalue weighted by molar-refractivity contribution is 7.99. The molecule has 38 heavy (non-hydrogen) atoms. The number of amides is 2. The van der Waals surface area contributed by atoms with E-state index in [9.17, 15) is 9.59 Å². The van der Waals surface area contributed by atoms with Gasteiger partial charge in [0.05, 0.1) is 5.75 Å². The van der Waals surface area contributed by atoms with Gasteiger partial charge in [-0.25, -0.2) is 0 Å². The fourth-order valence-electron chi connectivity index (χ4n) is 5.09. The van der Waals surface area contributed by atoms with Crippen LogP contribution >= 0.6 is 11.8 Å². The second-order valence-electron chi connectivity index (χ2n) is 10.5. The molecule has 0 aromatic heterocycles. The molecule has 0 radical (unpaired) electrons. The third-order valence-corrected chi connectivity index (χ3v) is 8.43. The van der Waals surface area contributed by atoms with Gasteiger partial charge in [0.2, 0.25) is 11.8 Å². The van der Waals surface area contributed by atoms with Crippen molar-refractivity contribution in [1.82, 2.24) is 10.2 Å². The normalized spacial score (nSPS) is 14.6. The molecule has 1 fully saturated rings. The van der Waals surface area contributed by atoms with Gasteiger partial charge < -0.3 is 10.2 Å². The van der Waals surface area contributed by atoms with E-state index >= 15 is 0 Å². The first-order valence-corrected chi connectivity index (χ1v) is 15.0. The van der Waals surface area contributed by atoms with Crippen molar-refractivity contribution in [3.8, 4) is 0 Å². The van der Waals surface area contributed by atoms with Crippen LogP contribution in [-0.2, 0) is 28.3 Å². The van der Waals surface area contributed by atoms with Crippen LogP contribution in [0.25, 0.3) is 0 Å². The molecule has 2 amide bonds. The zero-order valence-corrected chi connectivity index (χ0v) is 23.5. The molecule has 1 aliphatic carbocycles. The molecule has 1 atom stereocenters. The van der Waals surface area contributed by atoms with E-state index in [1.807, 2.05) is 47.4 Å². The van der Waals surface area contributed by atoms with Crippen molar-refractivity contribution in [2.24, 2.45) is 0 Å². The van der Waals surface area contributed by atoms with E-state index in [2.05, 4.69) is 55.6 Å². The van der Waals surface area contributed by atoms with Crippen LogP contribution < -0.4 is 5.32 Å². The molecular weight excluding hydrogens is 488 g/mol. The van der Waals surface area contributed by atoms with E-state index < -0.39 is 6.04 Å². The van der Waals surface area contributed by atoms with E-state index in [1.54, 1.807) is 11.8 Å². The van der Waals surface area contributed by atoms with Gasteiger partial charge in [-0.2, -0.15) is 0 Å². The Bertz CT molecular complexity index is 1170. The number of aryl methyl sites for hydroxylation is 2. The lowest BCUT2D eigenvalue weighted by Gasteiger charge is -2.34. The summed E-state index contributed by atoms with van der Waals surface area (Å²) in [5, 5.41) is 3.32. The maximum absolute atomic E-state index is 13.9. The predicted molar refractivity (Wildman–Crippen MR) is 158 cm³/mol. The summed E-state index contributed by atoms with van der Waals surface area (Å²) >= 11 is 1.61. The van der Waals surface area contributed by atoms with Crippen molar-refractivity contribution in [2.45, 2.75) is 76.8 Å². The fourth-order valence-corrected chi connectivity index (χ4v) is 5.96. The molecular formula is C33H40N2O2S. The monoisotopic (exact) mass is 528 g/mol. The second kappa shape index (κ2) is 14.2. The SMILES string of the molecule is Cc1ccc(CSCC(=O)N(Cc2ccccc2C)C(Cc2ccccc2)C(=O)NC2CCCCC2)cc1. The molecule has 3 aromatic carbocycles. The Labute approximate surface area is 232 Å². The second-order valence-corrected chi connectivity index (χ2v) is 11.5. The first kappa shape index (κ1) is 28.0. The molecule has 200 valence electrons. The highest BCUT2D eigenvalue weighted by atomic mass is 32.2. The van der Waals surface area contributed by atoms with Gasteiger partial charge >= 0.3 is 0 Å². The van der Waals surface area contributed by atoms with Gasteiger partial charge in [-0.15, -0.1) is 11.8 Å².